The van der Waals surface area contributed by atoms with E-state index in [1.54, 1.807) is 4.68 Å². The summed E-state index contributed by atoms with van der Waals surface area (Å²) in [5, 5.41) is 14.1. The SMILES string of the molecule is Cc1nn(-c2ccccc2)cc1NC(=O)N1CCNCCNCC1. The first-order chi connectivity index (χ1) is 11.7. The van der Waals surface area contributed by atoms with Gasteiger partial charge in [-0.15, -0.1) is 0 Å². The molecule has 0 radical (unpaired) electrons. The first-order valence-electron chi connectivity index (χ1n) is 8.33. The Hall–Kier alpha value is -2.38. The molecule has 0 aliphatic carbocycles. The van der Waals surface area contributed by atoms with E-state index in [-0.39, 0.29) is 6.03 Å². The number of anilines is 1. The van der Waals surface area contributed by atoms with Crippen molar-refractivity contribution in [3.63, 3.8) is 0 Å². The Kier molecular flexibility index (Phi) is 5.45. The molecule has 128 valence electrons. The number of aromatic nitrogens is 2. The van der Waals surface area contributed by atoms with E-state index in [0.29, 0.717) is 13.1 Å². The monoisotopic (exact) mass is 328 g/mol. The first-order valence-corrected chi connectivity index (χ1v) is 8.33. The van der Waals surface area contributed by atoms with Crippen molar-refractivity contribution in [3.8, 4) is 5.69 Å². The second-order valence-electron chi connectivity index (χ2n) is 5.83. The number of urea groups is 1. The van der Waals surface area contributed by atoms with Gasteiger partial charge in [0.2, 0.25) is 0 Å². The summed E-state index contributed by atoms with van der Waals surface area (Å²) in [6, 6.07) is 9.78. The van der Waals surface area contributed by atoms with Crippen molar-refractivity contribution in [1.29, 1.82) is 0 Å². The highest BCUT2D eigenvalue weighted by Crippen LogP contribution is 2.16. The third-order valence-corrected chi connectivity index (χ3v) is 4.04. The molecule has 3 N–H and O–H groups in total. The zero-order valence-electron chi connectivity index (χ0n) is 14.0. The smallest absolute Gasteiger partial charge is 0.322 e. The highest BCUT2D eigenvalue weighted by atomic mass is 16.2. The largest absolute Gasteiger partial charge is 0.322 e. The van der Waals surface area contributed by atoms with Gasteiger partial charge >= 0.3 is 6.03 Å². The van der Waals surface area contributed by atoms with E-state index in [9.17, 15) is 4.79 Å². The number of aryl methyl sites for hydroxylation is 1. The van der Waals surface area contributed by atoms with Crippen molar-refractivity contribution < 1.29 is 4.79 Å². The van der Waals surface area contributed by atoms with Gasteiger partial charge < -0.3 is 20.9 Å². The maximum Gasteiger partial charge on any atom is 0.322 e. The minimum Gasteiger partial charge on any atom is -0.322 e. The van der Waals surface area contributed by atoms with E-state index < -0.39 is 0 Å². The van der Waals surface area contributed by atoms with E-state index in [0.717, 1.165) is 43.2 Å². The zero-order chi connectivity index (χ0) is 16.8. The van der Waals surface area contributed by atoms with Gasteiger partial charge in [0, 0.05) is 39.3 Å². The molecule has 0 unspecified atom stereocenters. The molecule has 1 fully saturated rings. The van der Waals surface area contributed by atoms with Gasteiger partial charge in [-0.2, -0.15) is 5.10 Å². The normalized spacial score (nSPS) is 16.1. The summed E-state index contributed by atoms with van der Waals surface area (Å²) in [7, 11) is 0. The lowest BCUT2D eigenvalue weighted by molar-refractivity contribution is 0.213. The summed E-state index contributed by atoms with van der Waals surface area (Å²) in [5.41, 5.74) is 2.51. The third-order valence-electron chi connectivity index (χ3n) is 4.04. The number of hydrogen-bond donors (Lipinski definition) is 3. The van der Waals surface area contributed by atoms with Crippen LogP contribution in [0.5, 0.6) is 0 Å². The summed E-state index contributed by atoms with van der Waals surface area (Å²) < 4.78 is 1.78. The molecule has 1 aliphatic heterocycles. The highest BCUT2D eigenvalue weighted by Gasteiger charge is 2.16. The van der Waals surface area contributed by atoms with Crippen molar-refractivity contribution >= 4 is 11.7 Å². The number of carbonyl (C=O) groups excluding carboxylic acids is 1. The van der Waals surface area contributed by atoms with Crippen LogP contribution in [0.15, 0.2) is 36.5 Å². The van der Waals surface area contributed by atoms with Gasteiger partial charge in [-0.25, -0.2) is 9.48 Å². The van der Waals surface area contributed by atoms with Gasteiger partial charge in [0.25, 0.3) is 0 Å². The fraction of sp³-hybridized carbons (Fsp3) is 0.412. The molecule has 2 aromatic rings. The van der Waals surface area contributed by atoms with E-state index in [1.165, 1.54) is 0 Å². The zero-order valence-corrected chi connectivity index (χ0v) is 14.0. The second-order valence-corrected chi connectivity index (χ2v) is 5.83. The minimum atomic E-state index is -0.0868. The molecule has 0 atom stereocenters. The van der Waals surface area contributed by atoms with Crippen LogP contribution in [-0.2, 0) is 0 Å². The number of nitrogens with zero attached hydrogens (tertiary/aromatic N) is 3. The Labute approximate surface area is 142 Å². The summed E-state index contributed by atoms with van der Waals surface area (Å²) in [6.07, 6.45) is 1.86. The number of para-hydroxylation sites is 1. The average Bonchev–Trinajstić information content (AvgIpc) is 3.02. The number of carbonyl (C=O) groups is 1. The summed E-state index contributed by atoms with van der Waals surface area (Å²) in [6.45, 7) is 6.75. The van der Waals surface area contributed by atoms with Crippen LogP contribution in [-0.4, -0.2) is 60.0 Å². The van der Waals surface area contributed by atoms with Gasteiger partial charge in [0.15, 0.2) is 0 Å². The number of benzene rings is 1. The predicted octanol–water partition coefficient (Wildman–Crippen LogP) is 1.21. The van der Waals surface area contributed by atoms with E-state index in [1.807, 2.05) is 48.4 Å². The predicted molar refractivity (Wildman–Crippen MR) is 94.6 cm³/mol. The quantitative estimate of drug-likeness (QED) is 0.775. The molecule has 0 spiro atoms. The fourth-order valence-corrected chi connectivity index (χ4v) is 2.66. The maximum absolute atomic E-state index is 12.6. The van der Waals surface area contributed by atoms with Crippen LogP contribution < -0.4 is 16.0 Å². The Bertz CT molecular complexity index is 659. The van der Waals surface area contributed by atoms with Crippen LogP contribution in [0.1, 0.15) is 5.69 Å². The average molecular weight is 328 g/mol. The van der Waals surface area contributed by atoms with Crippen LogP contribution in [0.4, 0.5) is 10.5 Å². The summed E-state index contributed by atoms with van der Waals surface area (Å²) >= 11 is 0. The molecule has 1 aliphatic rings. The first kappa shape index (κ1) is 16.5. The number of hydrogen-bond acceptors (Lipinski definition) is 4. The van der Waals surface area contributed by atoms with Crippen molar-refractivity contribution in [1.82, 2.24) is 25.3 Å². The summed E-state index contributed by atoms with van der Waals surface area (Å²) in [5.74, 6) is 0. The lowest BCUT2D eigenvalue weighted by Crippen LogP contribution is -2.41. The van der Waals surface area contributed by atoms with Crippen LogP contribution in [0, 0.1) is 6.92 Å². The Morgan fingerprint density at radius 2 is 1.75 bits per heavy atom. The molecule has 0 bridgehead atoms. The molecular formula is C17H24N6O. The van der Waals surface area contributed by atoms with Crippen LogP contribution in [0.2, 0.25) is 0 Å². The third kappa shape index (κ3) is 4.12. The van der Waals surface area contributed by atoms with Crippen LogP contribution in [0.3, 0.4) is 0 Å². The van der Waals surface area contributed by atoms with Crippen LogP contribution >= 0.6 is 0 Å². The molecule has 3 rings (SSSR count). The molecule has 0 saturated carbocycles. The van der Waals surface area contributed by atoms with Crippen molar-refractivity contribution in [2.75, 3.05) is 44.6 Å². The molecular weight excluding hydrogens is 304 g/mol. The molecule has 2 heterocycles. The van der Waals surface area contributed by atoms with Gasteiger partial charge in [-0.3, -0.25) is 0 Å². The van der Waals surface area contributed by atoms with Crippen molar-refractivity contribution in [2.24, 2.45) is 0 Å². The maximum atomic E-state index is 12.6. The number of nitrogens with one attached hydrogen (secondary N) is 3. The van der Waals surface area contributed by atoms with Gasteiger partial charge in [-0.1, -0.05) is 18.2 Å². The van der Waals surface area contributed by atoms with Gasteiger partial charge in [0.05, 0.1) is 23.3 Å². The molecule has 1 aromatic heterocycles. The van der Waals surface area contributed by atoms with E-state index >= 15 is 0 Å². The number of amides is 2. The standard InChI is InChI=1S/C17H24N6O/c1-14-16(13-23(21-14)15-5-3-2-4-6-15)20-17(24)22-11-9-18-7-8-19-10-12-22/h2-6,13,18-19H,7-12H2,1H3,(H,20,24). The Morgan fingerprint density at radius 1 is 1.08 bits per heavy atom. The van der Waals surface area contributed by atoms with Crippen LogP contribution in [0.25, 0.3) is 5.69 Å². The van der Waals surface area contributed by atoms with Gasteiger partial charge in [-0.05, 0) is 19.1 Å². The molecule has 2 amide bonds. The molecule has 1 aromatic carbocycles. The summed E-state index contributed by atoms with van der Waals surface area (Å²) in [4.78, 5) is 14.4. The molecule has 7 nitrogen and oxygen atoms in total. The Morgan fingerprint density at radius 3 is 2.42 bits per heavy atom. The Balaban J connectivity index is 1.68. The lowest BCUT2D eigenvalue weighted by atomic mass is 10.3. The molecule has 7 heteroatoms. The minimum absolute atomic E-state index is 0.0868. The highest BCUT2D eigenvalue weighted by molar-refractivity contribution is 5.89. The van der Waals surface area contributed by atoms with E-state index in [2.05, 4.69) is 21.0 Å². The van der Waals surface area contributed by atoms with E-state index in [4.69, 9.17) is 0 Å². The lowest BCUT2D eigenvalue weighted by Gasteiger charge is -2.22. The van der Waals surface area contributed by atoms with Gasteiger partial charge in [0.1, 0.15) is 0 Å². The fourth-order valence-electron chi connectivity index (χ4n) is 2.66. The molecule has 24 heavy (non-hydrogen) atoms. The molecule has 1 saturated heterocycles. The second kappa shape index (κ2) is 7.94. The number of rotatable bonds is 2. The van der Waals surface area contributed by atoms with Crippen molar-refractivity contribution in [3.05, 3.63) is 42.2 Å². The van der Waals surface area contributed by atoms with Crippen molar-refractivity contribution in [2.45, 2.75) is 6.92 Å². The topological polar surface area (TPSA) is 74.2 Å².